The van der Waals surface area contributed by atoms with E-state index in [0.29, 0.717) is 0 Å². The van der Waals surface area contributed by atoms with Gasteiger partial charge in [-0.15, -0.1) is 0 Å². The Morgan fingerprint density at radius 1 is 1.55 bits per heavy atom. The molecule has 2 N–H and O–H groups in total. The van der Waals surface area contributed by atoms with Gasteiger partial charge < -0.3 is 10.1 Å². The summed E-state index contributed by atoms with van der Waals surface area (Å²) in [5, 5.41) is 8.51. The zero-order valence-electron chi connectivity index (χ0n) is 6.23. The Kier molecular flexibility index (Phi) is 1.68. The molecule has 1 aromatic heterocycles. The number of carboxylic acids is 1. The van der Waals surface area contributed by atoms with Gasteiger partial charge in [0.15, 0.2) is 0 Å². The molecule has 4 heteroatoms. The summed E-state index contributed by atoms with van der Waals surface area (Å²) >= 11 is 0. The van der Waals surface area contributed by atoms with Crippen LogP contribution in [-0.2, 0) is 0 Å². The second-order valence-electron chi connectivity index (χ2n) is 2.37. The molecule has 3 nitrogen and oxygen atoms in total. The Balaban J connectivity index is 3.29. The van der Waals surface area contributed by atoms with E-state index in [1.165, 1.54) is 13.8 Å². The summed E-state index contributed by atoms with van der Waals surface area (Å²) < 4.78 is 12.8. The average Bonchev–Trinajstić information content (AvgIpc) is 2.17. The van der Waals surface area contributed by atoms with Gasteiger partial charge in [-0.2, -0.15) is 0 Å². The molecule has 0 aromatic carbocycles. The molecule has 0 spiro atoms. The molecule has 0 saturated heterocycles. The van der Waals surface area contributed by atoms with Crippen molar-refractivity contribution in [1.29, 1.82) is 0 Å². The number of rotatable bonds is 1. The first kappa shape index (κ1) is 7.78. The van der Waals surface area contributed by atoms with Crippen molar-refractivity contribution in [2.45, 2.75) is 13.8 Å². The molecule has 0 radical (unpaired) electrons. The van der Waals surface area contributed by atoms with E-state index >= 15 is 0 Å². The fourth-order valence-electron chi connectivity index (χ4n) is 0.941. The number of hydrogen-bond acceptors (Lipinski definition) is 1. The quantitative estimate of drug-likeness (QED) is 0.648. The van der Waals surface area contributed by atoms with E-state index in [-0.39, 0.29) is 17.0 Å². The topological polar surface area (TPSA) is 53.1 Å². The normalized spacial score (nSPS) is 10.1. The monoisotopic (exact) mass is 157 g/mol. The van der Waals surface area contributed by atoms with Gasteiger partial charge in [0.25, 0.3) is 0 Å². The van der Waals surface area contributed by atoms with Crippen LogP contribution in [0.1, 0.15) is 21.7 Å². The van der Waals surface area contributed by atoms with E-state index in [1.54, 1.807) is 0 Å². The van der Waals surface area contributed by atoms with Crippen LogP contribution in [0, 0.1) is 19.7 Å². The maximum Gasteiger partial charge on any atom is 0.352 e. The highest BCUT2D eigenvalue weighted by molar-refractivity contribution is 5.87. The van der Waals surface area contributed by atoms with Crippen molar-refractivity contribution in [2.75, 3.05) is 0 Å². The number of aromatic nitrogens is 1. The average molecular weight is 157 g/mol. The lowest BCUT2D eigenvalue weighted by atomic mass is 10.2. The van der Waals surface area contributed by atoms with Crippen LogP contribution < -0.4 is 0 Å². The largest absolute Gasteiger partial charge is 0.477 e. The second-order valence-corrected chi connectivity index (χ2v) is 2.37. The lowest BCUT2D eigenvalue weighted by Crippen LogP contribution is -1.98. The number of halogens is 1. The number of aryl methyl sites for hydroxylation is 1. The zero-order valence-corrected chi connectivity index (χ0v) is 6.23. The van der Waals surface area contributed by atoms with Gasteiger partial charge in [0.2, 0.25) is 0 Å². The highest BCUT2D eigenvalue weighted by Gasteiger charge is 2.15. The maximum absolute atomic E-state index is 12.8. The lowest BCUT2D eigenvalue weighted by Gasteiger charge is -1.88. The van der Waals surface area contributed by atoms with Crippen LogP contribution in [0.15, 0.2) is 0 Å². The van der Waals surface area contributed by atoms with Crippen molar-refractivity contribution in [3.63, 3.8) is 0 Å². The summed E-state index contributed by atoms with van der Waals surface area (Å²) in [6.45, 7) is 2.93. The van der Waals surface area contributed by atoms with Gasteiger partial charge in [0.05, 0.1) is 0 Å². The third kappa shape index (κ3) is 1.11. The van der Waals surface area contributed by atoms with Crippen LogP contribution in [0.2, 0.25) is 0 Å². The first-order valence-corrected chi connectivity index (χ1v) is 3.12. The van der Waals surface area contributed by atoms with Gasteiger partial charge in [-0.1, -0.05) is 0 Å². The van der Waals surface area contributed by atoms with Crippen molar-refractivity contribution in [2.24, 2.45) is 0 Å². The SMILES string of the molecule is Cc1[nH]c(C(=O)O)c(C)c1F. The standard InChI is InChI=1S/C7H8FNO2/c1-3-5(8)4(2)9-6(3)7(10)11/h9H,1-2H3,(H,10,11). The van der Waals surface area contributed by atoms with Crippen molar-refractivity contribution in [1.82, 2.24) is 4.98 Å². The highest BCUT2D eigenvalue weighted by Crippen LogP contribution is 2.14. The molecular weight excluding hydrogens is 149 g/mol. The van der Waals surface area contributed by atoms with Gasteiger partial charge >= 0.3 is 5.97 Å². The van der Waals surface area contributed by atoms with E-state index in [2.05, 4.69) is 4.98 Å². The summed E-state index contributed by atoms with van der Waals surface area (Å²) in [5.41, 5.74) is 0.356. The third-order valence-corrected chi connectivity index (χ3v) is 1.56. The van der Waals surface area contributed by atoms with E-state index in [1.807, 2.05) is 0 Å². The number of aromatic carboxylic acids is 1. The van der Waals surface area contributed by atoms with E-state index in [0.717, 1.165) is 0 Å². The van der Waals surface area contributed by atoms with Crippen LogP contribution in [0.5, 0.6) is 0 Å². The molecule has 0 bridgehead atoms. The van der Waals surface area contributed by atoms with Gasteiger partial charge in [-0.25, -0.2) is 9.18 Å². The maximum atomic E-state index is 12.8. The molecule has 0 saturated carbocycles. The molecule has 1 aromatic rings. The summed E-state index contributed by atoms with van der Waals surface area (Å²) in [5.74, 6) is -1.60. The Morgan fingerprint density at radius 2 is 2.09 bits per heavy atom. The number of carboxylic acid groups (broad SMARTS) is 1. The molecule has 0 unspecified atom stereocenters. The summed E-state index contributed by atoms with van der Waals surface area (Å²) in [6, 6.07) is 0. The van der Waals surface area contributed by atoms with Gasteiger partial charge in [-0.05, 0) is 13.8 Å². The Hall–Kier alpha value is -1.32. The summed E-state index contributed by atoms with van der Waals surface area (Å²) in [4.78, 5) is 12.8. The number of nitrogens with one attached hydrogen (secondary N) is 1. The van der Waals surface area contributed by atoms with Crippen LogP contribution in [0.3, 0.4) is 0 Å². The Labute approximate surface area is 62.9 Å². The predicted molar refractivity (Wildman–Crippen MR) is 37.2 cm³/mol. The van der Waals surface area contributed by atoms with Gasteiger partial charge in [-0.3, -0.25) is 0 Å². The van der Waals surface area contributed by atoms with Crippen molar-refractivity contribution in [3.05, 3.63) is 22.8 Å². The van der Waals surface area contributed by atoms with Crippen LogP contribution >= 0.6 is 0 Å². The summed E-state index contributed by atoms with van der Waals surface area (Å²) in [6.07, 6.45) is 0. The van der Waals surface area contributed by atoms with Gasteiger partial charge in [0.1, 0.15) is 11.5 Å². The molecule has 1 rings (SSSR count). The second kappa shape index (κ2) is 2.38. The molecule has 1 heterocycles. The van der Waals surface area contributed by atoms with E-state index in [4.69, 9.17) is 5.11 Å². The van der Waals surface area contributed by atoms with E-state index in [9.17, 15) is 9.18 Å². The van der Waals surface area contributed by atoms with Gasteiger partial charge in [0, 0.05) is 11.3 Å². The van der Waals surface area contributed by atoms with Crippen LogP contribution in [0.4, 0.5) is 4.39 Å². The molecule has 11 heavy (non-hydrogen) atoms. The third-order valence-electron chi connectivity index (χ3n) is 1.56. The smallest absolute Gasteiger partial charge is 0.352 e. The van der Waals surface area contributed by atoms with E-state index < -0.39 is 11.8 Å². The molecule has 0 aliphatic rings. The Bertz CT molecular complexity index is 304. The predicted octanol–water partition coefficient (Wildman–Crippen LogP) is 1.47. The minimum atomic E-state index is -1.13. The van der Waals surface area contributed by atoms with Crippen LogP contribution in [-0.4, -0.2) is 16.1 Å². The molecule has 60 valence electrons. The fourth-order valence-corrected chi connectivity index (χ4v) is 0.941. The first-order chi connectivity index (χ1) is 5.04. The highest BCUT2D eigenvalue weighted by atomic mass is 19.1. The number of hydrogen-bond donors (Lipinski definition) is 2. The summed E-state index contributed by atoms with van der Waals surface area (Å²) in [7, 11) is 0. The number of aromatic amines is 1. The molecule has 0 aliphatic heterocycles. The van der Waals surface area contributed by atoms with Crippen LogP contribution in [0.25, 0.3) is 0 Å². The number of carbonyl (C=O) groups is 1. The van der Waals surface area contributed by atoms with Crippen molar-refractivity contribution >= 4 is 5.97 Å². The fraction of sp³-hybridized carbons (Fsp3) is 0.286. The molecule has 0 fully saturated rings. The first-order valence-electron chi connectivity index (χ1n) is 3.12. The minimum absolute atomic E-state index is 0.0694. The molecule has 0 aliphatic carbocycles. The zero-order chi connectivity index (χ0) is 8.59. The lowest BCUT2D eigenvalue weighted by molar-refractivity contribution is 0.0690. The minimum Gasteiger partial charge on any atom is -0.477 e. The van der Waals surface area contributed by atoms with Crippen molar-refractivity contribution in [3.8, 4) is 0 Å². The number of H-pyrrole nitrogens is 1. The molecule has 0 amide bonds. The molecular formula is C7H8FNO2. The Morgan fingerprint density at radius 3 is 2.27 bits per heavy atom. The molecule has 0 atom stereocenters. The van der Waals surface area contributed by atoms with Crippen molar-refractivity contribution < 1.29 is 14.3 Å².